The molecule has 0 aliphatic heterocycles. The van der Waals surface area contributed by atoms with Crippen LogP contribution in [0.4, 0.5) is 0 Å². The van der Waals surface area contributed by atoms with Gasteiger partial charge in [-0.25, -0.2) is 0 Å². The number of hydrogen-bond acceptors (Lipinski definition) is 1. The minimum atomic E-state index is 0.319. The summed E-state index contributed by atoms with van der Waals surface area (Å²) in [5.41, 5.74) is 0. The summed E-state index contributed by atoms with van der Waals surface area (Å²) in [6.45, 7) is 7.03. The molecular formula is C7H14O. The van der Waals surface area contributed by atoms with Gasteiger partial charge in [-0.15, -0.1) is 0 Å². The van der Waals surface area contributed by atoms with Crippen molar-refractivity contribution in [3.8, 4) is 0 Å². The van der Waals surface area contributed by atoms with Crippen LogP contribution in [-0.2, 0) is 0 Å². The van der Waals surface area contributed by atoms with Crippen molar-refractivity contribution in [3.63, 3.8) is 0 Å². The molecule has 0 saturated carbocycles. The first-order chi connectivity index (χ1) is 3.85. The predicted molar refractivity (Wildman–Crippen MR) is 34.6 cm³/mol. The molecule has 8 heavy (non-hydrogen) atoms. The molecule has 0 saturated heterocycles. The van der Waals surface area contributed by atoms with E-state index in [2.05, 4.69) is 13.8 Å². The van der Waals surface area contributed by atoms with E-state index in [4.69, 9.17) is 5.11 Å². The van der Waals surface area contributed by atoms with Crippen molar-refractivity contribution in [3.05, 3.63) is 13.5 Å². The minimum Gasteiger partial charge on any atom is -0.390 e. The third-order valence-electron chi connectivity index (χ3n) is 1.24. The molecule has 1 heteroatoms. The lowest BCUT2D eigenvalue weighted by Gasteiger charge is -2.06. The van der Waals surface area contributed by atoms with Gasteiger partial charge in [0.15, 0.2) is 0 Å². The van der Waals surface area contributed by atoms with Gasteiger partial charge in [0.1, 0.15) is 0 Å². The summed E-state index contributed by atoms with van der Waals surface area (Å²) in [4.78, 5) is 0. The van der Waals surface area contributed by atoms with Gasteiger partial charge in [-0.05, 0) is 18.8 Å². The Balaban J connectivity index is 3.07. The summed E-state index contributed by atoms with van der Waals surface area (Å²) in [5, 5.41) is 8.49. The second kappa shape index (κ2) is 5.10. The highest BCUT2D eigenvalue weighted by molar-refractivity contribution is 4.65. The summed E-state index contributed by atoms with van der Waals surface area (Å²) in [6, 6.07) is 0. The topological polar surface area (TPSA) is 20.2 Å². The van der Waals surface area contributed by atoms with Crippen LogP contribution in [0, 0.1) is 19.4 Å². The van der Waals surface area contributed by atoms with E-state index in [0.29, 0.717) is 5.92 Å². The zero-order valence-electron chi connectivity index (χ0n) is 5.43. The maximum absolute atomic E-state index is 8.49. The van der Waals surface area contributed by atoms with Crippen molar-refractivity contribution in [2.24, 2.45) is 5.92 Å². The van der Waals surface area contributed by atoms with Crippen LogP contribution in [0.15, 0.2) is 0 Å². The Morgan fingerprint density at radius 2 is 2.38 bits per heavy atom. The molecule has 1 unspecified atom stereocenters. The standard InChI is InChI=1S/C7H14O/c1-3-5-7(4-2)6-8/h6-8H,2-5H2,1H3. The van der Waals surface area contributed by atoms with E-state index >= 15 is 0 Å². The molecule has 0 rings (SSSR count). The Hall–Kier alpha value is -0.0400. The van der Waals surface area contributed by atoms with Gasteiger partial charge >= 0.3 is 0 Å². The van der Waals surface area contributed by atoms with Gasteiger partial charge in [0, 0.05) is 0 Å². The predicted octanol–water partition coefficient (Wildman–Crippen LogP) is 2.16. The highest BCUT2D eigenvalue weighted by Gasteiger charge is 2.00. The molecule has 0 aromatic carbocycles. The van der Waals surface area contributed by atoms with Crippen molar-refractivity contribution >= 4 is 0 Å². The van der Waals surface area contributed by atoms with E-state index in [1.807, 2.05) is 0 Å². The maximum atomic E-state index is 8.49. The average Bonchev–Trinajstić information content (AvgIpc) is 1.83. The number of aliphatic hydroxyl groups is 1. The van der Waals surface area contributed by atoms with Crippen LogP contribution in [0.1, 0.15) is 26.2 Å². The van der Waals surface area contributed by atoms with E-state index in [1.165, 1.54) is 6.61 Å². The molecule has 1 atom stereocenters. The van der Waals surface area contributed by atoms with E-state index < -0.39 is 0 Å². The average molecular weight is 114 g/mol. The fourth-order valence-corrected chi connectivity index (χ4v) is 0.664. The highest BCUT2D eigenvalue weighted by Crippen LogP contribution is 2.10. The Bertz CT molecular complexity index is 39.7. The molecule has 2 radical (unpaired) electrons. The van der Waals surface area contributed by atoms with Crippen LogP contribution in [-0.4, -0.2) is 5.11 Å². The quantitative estimate of drug-likeness (QED) is 0.593. The first kappa shape index (κ1) is 7.96. The minimum absolute atomic E-state index is 0.319. The molecule has 0 spiro atoms. The zero-order chi connectivity index (χ0) is 6.41. The third-order valence-corrected chi connectivity index (χ3v) is 1.24. The number of rotatable bonds is 4. The lowest BCUT2D eigenvalue weighted by atomic mass is 10.0. The van der Waals surface area contributed by atoms with E-state index in [9.17, 15) is 0 Å². The summed E-state index contributed by atoms with van der Waals surface area (Å²) in [7, 11) is 0. The van der Waals surface area contributed by atoms with Crippen LogP contribution < -0.4 is 0 Å². The molecular weight excluding hydrogens is 100 g/mol. The van der Waals surface area contributed by atoms with Gasteiger partial charge in [0.25, 0.3) is 0 Å². The van der Waals surface area contributed by atoms with Gasteiger partial charge in [-0.3, -0.25) is 0 Å². The van der Waals surface area contributed by atoms with Crippen LogP contribution >= 0.6 is 0 Å². The van der Waals surface area contributed by atoms with Crippen molar-refractivity contribution in [1.29, 1.82) is 0 Å². The molecule has 48 valence electrons. The largest absolute Gasteiger partial charge is 0.390 e. The van der Waals surface area contributed by atoms with Crippen molar-refractivity contribution in [2.45, 2.75) is 26.2 Å². The SMILES string of the molecule is [CH2]CC([CH]O)CCC. The smallest absolute Gasteiger partial charge is 0.0829 e. The van der Waals surface area contributed by atoms with Crippen LogP contribution in [0.2, 0.25) is 0 Å². The summed E-state index contributed by atoms with van der Waals surface area (Å²) < 4.78 is 0. The van der Waals surface area contributed by atoms with E-state index in [-0.39, 0.29) is 0 Å². The first-order valence-corrected chi connectivity index (χ1v) is 3.12. The Labute approximate surface area is 51.7 Å². The number of hydrogen-bond donors (Lipinski definition) is 1. The Kier molecular flexibility index (Phi) is 5.08. The fraction of sp³-hybridized carbons (Fsp3) is 0.714. The fourth-order valence-electron chi connectivity index (χ4n) is 0.664. The monoisotopic (exact) mass is 114 g/mol. The molecule has 0 aliphatic carbocycles. The molecule has 0 fully saturated rings. The second-order valence-electron chi connectivity index (χ2n) is 1.99. The molecule has 1 nitrogen and oxygen atoms in total. The molecule has 1 N–H and O–H groups in total. The molecule has 0 aromatic rings. The summed E-state index contributed by atoms with van der Waals surface area (Å²) >= 11 is 0. The molecule has 0 heterocycles. The zero-order valence-corrected chi connectivity index (χ0v) is 5.43. The molecule has 0 aliphatic rings. The van der Waals surface area contributed by atoms with E-state index in [1.54, 1.807) is 0 Å². The van der Waals surface area contributed by atoms with Crippen molar-refractivity contribution in [1.82, 2.24) is 0 Å². The van der Waals surface area contributed by atoms with Gasteiger partial charge < -0.3 is 5.11 Å². The Morgan fingerprint density at radius 3 is 2.50 bits per heavy atom. The molecule has 0 aromatic heterocycles. The normalized spacial score (nSPS) is 13.9. The van der Waals surface area contributed by atoms with Gasteiger partial charge in [-0.2, -0.15) is 0 Å². The van der Waals surface area contributed by atoms with Crippen molar-refractivity contribution < 1.29 is 5.11 Å². The molecule has 0 amide bonds. The number of aliphatic hydroxyl groups excluding tert-OH is 1. The molecule has 0 bridgehead atoms. The summed E-state index contributed by atoms with van der Waals surface area (Å²) in [6.07, 6.45) is 2.99. The Morgan fingerprint density at radius 1 is 1.75 bits per heavy atom. The van der Waals surface area contributed by atoms with Crippen LogP contribution in [0.25, 0.3) is 0 Å². The summed E-state index contributed by atoms with van der Waals surface area (Å²) in [5.74, 6) is 0.319. The second-order valence-corrected chi connectivity index (χ2v) is 1.99. The third kappa shape index (κ3) is 3.03. The highest BCUT2D eigenvalue weighted by atomic mass is 16.3. The lowest BCUT2D eigenvalue weighted by molar-refractivity contribution is 0.303. The van der Waals surface area contributed by atoms with Crippen LogP contribution in [0.3, 0.4) is 0 Å². The van der Waals surface area contributed by atoms with Gasteiger partial charge in [0.2, 0.25) is 0 Å². The maximum Gasteiger partial charge on any atom is 0.0829 e. The van der Waals surface area contributed by atoms with Crippen LogP contribution in [0.5, 0.6) is 0 Å². The van der Waals surface area contributed by atoms with Gasteiger partial charge in [-0.1, -0.05) is 20.3 Å². The van der Waals surface area contributed by atoms with E-state index in [0.717, 1.165) is 19.3 Å². The first-order valence-electron chi connectivity index (χ1n) is 3.12. The van der Waals surface area contributed by atoms with Gasteiger partial charge in [0.05, 0.1) is 6.61 Å². The lowest BCUT2D eigenvalue weighted by Crippen LogP contribution is -1.97. The van der Waals surface area contributed by atoms with Crippen molar-refractivity contribution in [2.75, 3.05) is 0 Å².